The number of amides is 1. The Kier molecular flexibility index (Phi) is 7.07. The molecule has 0 unspecified atom stereocenters. The Morgan fingerprint density at radius 3 is 2.55 bits per heavy atom. The molecule has 0 saturated heterocycles. The number of benzene rings is 2. The molecule has 1 aliphatic rings. The number of carbonyl (C=O) groups is 1. The van der Waals surface area contributed by atoms with Gasteiger partial charge in [0.2, 0.25) is 5.91 Å². The van der Waals surface area contributed by atoms with E-state index in [1.165, 1.54) is 25.7 Å². The molecule has 4 rings (SSSR count). The third kappa shape index (κ3) is 4.92. The minimum atomic E-state index is -0.0422. The minimum absolute atomic E-state index is 0.0422. The lowest BCUT2D eigenvalue weighted by atomic mass is 9.96. The first-order valence-corrected chi connectivity index (χ1v) is 11.7. The van der Waals surface area contributed by atoms with Gasteiger partial charge in [0.1, 0.15) is 17.1 Å². The zero-order valence-electron chi connectivity index (χ0n) is 20.0. The number of ether oxygens (including phenoxy) is 2. The molecule has 0 radical (unpaired) electrons. The second-order valence-corrected chi connectivity index (χ2v) is 8.86. The zero-order chi connectivity index (χ0) is 23.4. The Morgan fingerprint density at radius 1 is 1.09 bits per heavy atom. The average Bonchev–Trinajstić information content (AvgIpc) is 3.08. The van der Waals surface area contributed by atoms with Gasteiger partial charge in [0, 0.05) is 34.2 Å². The highest BCUT2D eigenvalue weighted by Crippen LogP contribution is 2.41. The molecule has 1 aromatic heterocycles. The fourth-order valence-electron chi connectivity index (χ4n) is 4.83. The Hall–Kier alpha value is -3.21. The molecule has 3 aromatic rings. The molecule has 33 heavy (non-hydrogen) atoms. The van der Waals surface area contributed by atoms with Gasteiger partial charge in [0.15, 0.2) is 0 Å². The molecule has 1 saturated carbocycles. The first kappa shape index (κ1) is 23.0. The molecule has 174 valence electrons. The summed E-state index contributed by atoms with van der Waals surface area (Å²) >= 11 is 0. The number of aryl methyl sites for hydroxylation is 1. The van der Waals surface area contributed by atoms with E-state index in [1.54, 1.807) is 26.6 Å². The van der Waals surface area contributed by atoms with Crippen LogP contribution in [0.5, 0.6) is 11.5 Å². The normalized spacial score (nSPS) is 15.3. The second-order valence-electron chi connectivity index (χ2n) is 8.86. The van der Waals surface area contributed by atoms with Crippen molar-refractivity contribution in [1.82, 2.24) is 5.32 Å². The highest BCUT2D eigenvalue weighted by molar-refractivity contribution is 6.01. The van der Waals surface area contributed by atoms with Crippen LogP contribution >= 0.6 is 0 Å². The van der Waals surface area contributed by atoms with Gasteiger partial charge in [-0.2, -0.15) is 0 Å². The molecule has 2 aromatic carbocycles. The number of hydrogen-bond acceptors (Lipinski definition) is 4. The van der Waals surface area contributed by atoms with Gasteiger partial charge in [-0.25, -0.2) is 0 Å². The summed E-state index contributed by atoms with van der Waals surface area (Å²) in [5.74, 6) is 1.48. The van der Waals surface area contributed by atoms with Crippen LogP contribution in [0.4, 0.5) is 0 Å². The number of fused-ring (bicyclic) bond motifs is 1. The molecular formula is C28H33NO4. The quantitative estimate of drug-likeness (QED) is 0.339. The Bertz CT molecular complexity index is 1170. The van der Waals surface area contributed by atoms with Gasteiger partial charge in [-0.05, 0) is 56.0 Å². The number of methoxy groups -OCH3 is 2. The largest absolute Gasteiger partial charge is 0.497 e. The molecule has 0 aliphatic heterocycles. The molecular weight excluding hydrogens is 414 g/mol. The first-order chi connectivity index (χ1) is 16.0. The molecule has 1 aliphatic carbocycles. The summed E-state index contributed by atoms with van der Waals surface area (Å²) in [6, 6.07) is 10.2. The molecule has 0 spiro atoms. The molecule has 1 fully saturated rings. The van der Waals surface area contributed by atoms with Crippen molar-refractivity contribution in [2.75, 3.05) is 14.2 Å². The van der Waals surface area contributed by atoms with Crippen LogP contribution in [-0.2, 0) is 4.79 Å². The van der Waals surface area contributed by atoms with Crippen LogP contribution in [0.1, 0.15) is 56.6 Å². The highest BCUT2D eigenvalue weighted by Gasteiger charge is 2.20. The van der Waals surface area contributed by atoms with Gasteiger partial charge in [0.25, 0.3) is 0 Å². The number of allylic oxidation sites excluding steroid dienone is 1. The number of carbonyl (C=O) groups excluding carboxylic acids is 1. The van der Waals surface area contributed by atoms with Gasteiger partial charge in [0.05, 0.1) is 20.5 Å². The summed E-state index contributed by atoms with van der Waals surface area (Å²) in [6.45, 7) is 3.95. The lowest BCUT2D eigenvalue weighted by Crippen LogP contribution is -2.33. The van der Waals surface area contributed by atoms with E-state index in [4.69, 9.17) is 13.9 Å². The zero-order valence-corrected chi connectivity index (χ0v) is 20.0. The average molecular weight is 448 g/mol. The molecule has 0 atom stereocenters. The molecule has 1 heterocycles. The third-order valence-electron chi connectivity index (χ3n) is 6.60. The Balaban J connectivity index is 1.71. The predicted molar refractivity (Wildman–Crippen MR) is 133 cm³/mol. The molecule has 5 heteroatoms. The number of rotatable bonds is 6. The fraction of sp³-hybridized carbons (Fsp3) is 0.393. The van der Waals surface area contributed by atoms with Crippen molar-refractivity contribution in [3.63, 3.8) is 0 Å². The number of hydrogen-bond donors (Lipinski definition) is 1. The van der Waals surface area contributed by atoms with E-state index in [-0.39, 0.29) is 11.9 Å². The minimum Gasteiger partial charge on any atom is -0.497 e. The van der Waals surface area contributed by atoms with E-state index < -0.39 is 0 Å². The summed E-state index contributed by atoms with van der Waals surface area (Å²) in [5.41, 5.74) is 5.44. The van der Waals surface area contributed by atoms with Crippen LogP contribution < -0.4 is 14.8 Å². The van der Waals surface area contributed by atoms with E-state index in [0.29, 0.717) is 0 Å². The van der Waals surface area contributed by atoms with Gasteiger partial charge in [-0.15, -0.1) is 0 Å². The Labute approximate surface area is 195 Å². The topological polar surface area (TPSA) is 60.7 Å². The maximum absolute atomic E-state index is 12.8. The summed E-state index contributed by atoms with van der Waals surface area (Å²) in [7, 11) is 3.32. The van der Waals surface area contributed by atoms with Crippen LogP contribution in [-0.4, -0.2) is 26.2 Å². The van der Waals surface area contributed by atoms with E-state index in [0.717, 1.165) is 63.1 Å². The van der Waals surface area contributed by atoms with E-state index in [1.807, 2.05) is 38.1 Å². The summed E-state index contributed by atoms with van der Waals surface area (Å²) in [4.78, 5) is 12.8. The van der Waals surface area contributed by atoms with Gasteiger partial charge in [-0.3, -0.25) is 4.79 Å². The van der Waals surface area contributed by atoms with Crippen LogP contribution in [0.25, 0.3) is 27.7 Å². The van der Waals surface area contributed by atoms with Crippen LogP contribution in [0.2, 0.25) is 0 Å². The number of furan rings is 1. The fourth-order valence-corrected chi connectivity index (χ4v) is 4.83. The van der Waals surface area contributed by atoms with E-state index in [9.17, 15) is 4.79 Å². The van der Waals surface area contributed by atoms with Gasteiger partial charge >= 0.3 is 0 Å². The standard InChI is InChI=1S/C28H33NO4/c1-18(14-26(30)29-21-11-7-5-6-8-12-21)23-16-24-25(20-10-9-13-22(15-20)31-3)17-33-28(24)19(2)27(23)32-4/h9-10,13-17,21H,5-8,11-12H2,1-4H3,(H,29,30)/b18-14+. The maximum atomic E-state index is 12.8. The van der Waals surface area contributed by atoms with Crippen molar-refractivity contribution in [3.05, 3.63) is 53.8 Å². The molecule has 5 nitrogen and oxygen atoms in total. The third-order valence-corrected chi connectivity index (χ3v) is 6.60. The first-order valence-electron chi connectivity index (χ1n) is 11.7. The summed E-state index contributed by atoms with van der Waals surface area (Å²) < 4.78 is 17.1. The summed E-state index contributed by atoms with van der Waals surface area (Å²) in [5, 5.41) is 4.19. The lowest BCUT2D eigenvalue weighted by molar-refractivity contribution is -0.117. The second kappa shape index (κ2) is 10.2. The number of nitrogens with one attached hydrogen (secondary N) is 1. The molecule has 1 amide bonds. The van der Waals surface area contributed by atoms with Gasteiger partial charge in [-0.1, -0.05) is 37.8 Å². The van der Waals surface area contributed by atoms with E-state index in [2.05, 4.69) is 11.4 Å². The monoisotopic (exact) mass is 447 g/mol. The van der Waals surface area contributed by atoms with Crippen molar-refractivity contribution in [2.45, 2.75) is 58.4 Å². The van der Waals surface area contributed by atoms with Gasteiger partial charge < -0.3 is 19.2 Å². The van der Waals surface area contributed by atoms with Crippen molar-refractivity contribution < 1.29 is 18.7 Å². The maximum Gasteiger partial charge on any atom is 0.244 e. The molecule has 1 N–H and O–H groups in total. The smallest absolute Gasteiger partial charge is 0.244 e. The van der Waals surface area contributed by atoms with Crippen LogP contribution in [0.3, 0.4) is 0 Å². The predicted octanol–water partition coefficient (Wildman–Crippen LogP) is 6.67. The van der Waals surface area contributed by atoms with Crippen LogP contribution in [0.15, 0.2) is 47.1 Å². The molecule has 0 bridgehead atoms. The Morgan fingerprint density at radius 2 is 1.85 bits per heavy atom. The lowest BCUT2D eigenvalue weighted by Gasteiger charge is -2.16. The van der Waals surface area contributed by atoms with E-state index >= 15 is 0 Å². The van der Waals surface area contributed by atoms with Crippen molar-refractivity contribution >= 4 is 22.4 Å². The van der Waals surface area contributed by atoms with Crippen molar-refractivity contribution in [1.29, 1.82) is 0 Å². The van der Waals surface area contributed by atoms with Crippen molar-refractivity contribution in [3.8, 4) is 22.6 Å². The highest BCUT2D eigenvalue weighted by atomic mass is 16.5. The summed E-state index contributed by atoms with van der Waals surface area (Å²) in [6.07, 6.45) is 10.5. The SMILES string of the molecule is COc1cccc(-c2coc3c(C)c(OC)c(/C(C)=C/C(=O)NC4CCCCCC4)cc23)c1. The van der Waals surface area contributed by atoms with Crippen molar-refractivity contribution in [2.24, 2.45) is 0 Å². The van der Waals surface area contributed by atoms with Crippen LogP contribution in [0, 0.1) is 6.92 Å².